The molecular formula is C16H15NO3S. The summed E-state index contributed by atoms with van der Waals surface area (Å²) in [5.74, 6) is -1.20. The van der Waals surface area contributed by atoms with Gasteiger partial charge in [-0.2, -0.15) is 0 Å². The molecule has 2 N–H and O–H groups in total. The lowest BCUT2D eigenvalue weighted by molar-refractivity contribution is -0.131. The molecule has 1 aromatic carbocycles. The van der Waals surface area contributed by atoms with Crippen molar-refractivity contribution in [1.29, 1.82) is 0 Å². The van der Waals surface area contributed by atoms with Gasteiger partial charge in [0.2, 0.25) is 0 Å². The quantitative estimate of drug-likeness (QED) is 0.846. The minimum absolute atomic E-state index is 0.191. The Bertz CT molecular complexity index is 716. The van der Waals surface area contributed by atoms with Crippen LogP contribution in [0.2, 0.25) is 0 Å². The third-order valence-electron chi connectivity index (χ3n) is 2.83. The number of benzene rings is 1. The number of carbonyl (C=O) groups is 2. The second kappa shape index (κ2) is 6.37. The van der Waals surface area contributed by atoms with Crippen molar-refractivity contribution in [2.75, 3.05) is 5.32 Å². The Kier molecular flexibility index (Phi) is 4.55. The van der Waals surface area contributed by atoms with Gasteiger partial charge >= 0.3 is 5.97 Å². The predicted molar refractivity (Wildman–Crippen MR) is 84.9 cm³/mol. The van der Waals surface area contributed by atoms with Crippen molar-refractivity contribution < 1.29 is 14.7 Å². The molecule has 1 aromatic heterocycles. The molecule has 0 aliphatic heterocycles. The summed E-state index contributed by atoms with van der Waals surface area (Å²) in [6.07, 6.45) is 2.58. The highest BCUT2D eigenvalue weighted by Crippen LogP contribution is 2.24. The number of thiophene rings is 1. The van der Waals surface area contributed by atoms with Gasteiger partial charge in [-0.05, 0) is 49.2 Å². The van der Waals surface area contributed by atoms with Crippen molar-refractivity contribution in [2.45, 2.75) is 13.8 Å². The maximum Gasteiger partial charge on any atom is 0.328 e. The Hall–Kier alpha value is -2.40. The summed E-state index contributed by atoms with van der Waals surface area (Å²) in [7, 11) is 0. The van der Waals surface area contributed by atoms with Crippen molar-refractivity contribution in [3.8, 4) is 0 Å². The summed E-state index contributed by atoms with van der Waals surface area (Å²) < 4.78 is 0. The molecule has 4 nitrogen and oxygen atoms in total. The number of carbonyl (C=O) groups excluding carboxylic acids is 1. The van der Waals surface area contributed by atoms with E-state index in [9.17, 15) is 9.59 Å². The van der Waals surface area contributed by atoms with Crippen LogP contribution in [0.15, 0.2) is 36.4 Å². The topological polar surface area (TPSA) is 66.4 Å². The molecule has 0 spiro atoms. The smallest absolute Gasteiger partial charge is 0.328 e. The predicted octanol–water partition coefficient (Wildman–Crippen LogP) is 3.72. The highest BCUT2D eigenvalue weighted by atomic mass is 32.1. The van der Waals surface area contributed by atoms with Crippen molar-refractivity contribution in [1.82, 2.24) is 0 Å². The zero-order valence-electron chi connectivity index (χ0n) is 11.7. The van der Waals surface area contributed by atoms with E-state index >= 15 is 0 Å². The number of carboxylic acids is 1. The van der Waals surface area contributed by atoms with E-state index in [2.05, 4.69) is 5.32 Å². The second-order valence-electron chi connectivity index (χ2n) is 4.65. The first-order valence-electron chi connectivity index (χ1n) is 6.35. The Morgan fingerprint density at radius 2 is 2.00 bits per heavy atom. The molecule has 2 rings (SSSR count). The number of nitrogens with one attached hydrogen (secondary N) is 1. The first-order chi connectivity index (χ1) is 9.95. The fraction of sp³-hybridized carbons (Fsp3) is 0.125. The molecule has 0 atom stereocenters. The van der Waals surface area contributed by atoms with Crippen molar-refractivity contribution in [2.24, 2.45) is 0 Å². The molecule has 0 radical (unpaired) electrons. The van der Waals surface area contributed by atoms with Gasteiger partial charge in [-0.25, -0.2) is 4.79 Å². The molecule has 108 valence electrons. The van der Waals surface area contributed by atoms with Crippen LogP contribution in [0.4, 0.5) is 5.69 Å². The van der Waals surface area contributed by atoms with Gasteiger partial charge in [0.05, 0.1) is 4.88 Å². The van der Waals surface area contributed by atoms with Crippen LogP contribution in [0.3, 0.4) is 0 Å². The van der Waals surface area contributed by atoms with E-state index < -0.39 is 5.97 Å². The van der Waals surface area contributed by atoms with Crippen molar-refractivity contribution >= 4 is 35.0 Å². The molecule has 5 heteroatoms. The van der Waals surface area contributed by atoms with E-state index in [4.69, 9.17) is 5.11 Å². The minimum Gasteiger partial charge on any atom is -0.478 e. The average molecular weight is 301 g/mol. The van der Waals surface area contributed by atoms with Gasteiger partial charge in [0.15, 0.2) is 0 Å². The Morgan fingerprint density at radius 3 is 2.67 bits per heavy atom. The number of hydrogen-bond acceptors (Lipinski definition) is 3. The number of hydrogen-bond donors (Lipinski definition) is 2. The van der Waals surface area contributed by atoms with Crippen LogP contribution in [0.25, 0.3) is 6.08 Å². The van der Waals surface area contributed by atoms with Crippen LogP contribution in [0.1, 0.15) is 25.7 Å². The van der Waals surface area contributed by atoms with Crippen LogP contribution < -0.4 is 5.32 Å². The van der Waals surface area contributed by atoms with E-state index in [1.54, 1.807) is 6.07 Å². The van der Waals surface area contributed by atoms with E-state index in [1.807, 2.05) is 38.1 Å². The van der Waals surface area contributed by atoms with Gasteiger partial charge in [-0.3, -0.25) is 4.79 Å². The molecule has 0 fully saturated rings. The van der Waals surface area contributed by atoms with Crippen LogP contribution in [0.5, 0.6) is 0 Å². The number of carboxylic acid groups (broad SMARTS) is 1. The first kappa shape index (κ1) is 15.0. The Balaban J connectivity index is 2.16. The maximum atomic E-state index is 12.2. The van der Waals surface area contributed by atoms with Crippen molar-refractivity contribution in [3.63, 3.8) is 0 Å². The number of aryl methyl sites for hydroxylation is 2. The zero-order valence-corrected chi connectivity index (χ0v) is 12.5. The SMILES string of the molecule is Cc1cccc(NC(=O)c2cc(C)c(/C=C/C(=O)O)s2)c1. The van der Waals surface area contributed by atoms with E-state index in [0.717, 1.165) is 27.8 Å². The summed E-state index contributed by atoms with van der Waals surface area (Å²) in [6.45, 7) is 3.81. The van der Waals surface area contributed by atoms with E-state index in [1.165, 1.54) is 17.4 Å². The lowest BCUT2D eigenvalue weighted by Crippen LogP contribution is -2.10. The fourth-order valence-corrected chi connectivity index (χ4v) is 2.81. The molecule has 0 aliphatic rings. The van der Waals surface area contributed by atoms with Gasteiger partial charge in [-0.1, -0.05) is 12.1 Å². The standard InChI is InChI=1S/C16H15NO3S/c1-10-4-3-5-12(8-10)17-16(20)14-9-11(2)13(21-14)6-7-15(18)19/h3-9H,1-2H3,(H,17,20)(H,18,19)/b7-6+. The summed E-state index contributed by atoms with van der Waals surface area (Å²) >= 11 is 1.27. The molecule has 1 heterocycles. The lowest BCUT2D eigenvalue weighted by Gasteiger charge is -2.03. The van der Waals surface area contributed by atoms with Crippen LogP contribution in [-0.4, -0.2) is 17.0 Å². The Labute approximate surface area is 126 Å². The minimum atomic E-state index is -1.01. The molecule has 0 saturated carbocycles. The number of aliphatic carboxylic acids is 1. The molecule has 0 unspecified atom stereocenters. The third kappa shape index (κ3) is 4.03. The summed E-state index contributed by atoms with van der Waals surface area (Å²) in [4.78, 5) is 24.0. The zero-order chi connectivity index (χ0) is 15.4. The number of amides is 1. The summed E-state index contributed by atoms with van der Waals surface area (Å²) in [5, 5.41) is 11.5. The Morgan fingerprint density at radius 1 is 1.24 bits per heavy atom. The van der Waals surface area contributed by atoms with E-state index in [0.29, 0.717) is 4.88 Å². The maximum absolute atomic E-state index is 12.2. The molecular weight excluding hydrogens is 286 g/mol. The summed E-state index contributed by atoms with van der Waals surface area (Å²) in [5.41, 5.74) is 2.70. The fourth-order valence-electron chi connectivity index (χ4n) is 1.84. The number of anilines is 1. The average Bonchev–Trinajstić information content (AvgIpc) is 2.78. The molecule has 0 saturated heterocycles. The summed E-state index contributed by atoms with van der Waals surface area (Å²) in [6, 6.07) is 9.32. The van der Waals surface area contributed by atoms with Crippen LogP contribution >= 0.6 is 11.3 Å². The normalized spacial score (nSPS) is 10.8. The molecule has 2 aromatic rings. The molecule has 21 heavy (non-hydrogen) atoms. The molecule has 1 amide bonds. The highest BCUT2D eigenvalue weighted by molar-refractivity contribution is 7.15. The van der Waals surface area contributed by atoms with Gasteiger partial charge in [0, 0.05) is 16.6 Å². The second-order valence-corrected chi connectivity index (χ2v) is 5.74. The third-order valence-corrected chi connectivity index (χ3v) is 4.03. The highest BCUT2D eigenvalue weighted by Gasteiger charge is 2.11. The first-order valence-corrected chi connectivity index (χ1v) is 7.17. The molecule has 0 bridgehead atoms. The van der Waals surface area contributed by atoms with Crippen molar-refractivity contribution in [3.05, 3.63) is 57.3 Å². The number of rotatable bonds is 4. The van der Waals surface area contributed by atoms with Gasteiger partial charge < -0.3 is 10.4 Å². The van der Waals surface area contributed by atoms with Gasteiger partial charge in [0.1, 0.15) is 0 Å². The molecule has 0 aliphatic carbocycles. The monoisotopic (exact) mass is 301 g/mol. The lowest BCUT2D eigenvalue weighted by atomic mass is 10.2. The van der Waals surface area contributed by atoms with Gasteiger partial charge in [0.25, 0.3) is 5.91 Å². The largest absolute Gasteiger partial charge is 0.478 e. The van der Waals surface area contributed by atoms with Gasteiger partial charge in [-0.15, -0.1) is 11.3 Å². The van der Waals surface area contributed by atoms with E-state index in [-0.39, 0.29) is 5.91 Å². The van der Waals surface area contributed by atoms with Crippen LogP contribution in [-0.2, 0) is 4.79 Å². The van der Waals surface area contributed by atoms with Crippen LogP contribution in [0, 0.1) is 13.8 Å².